The standard InChI is InChI=1S/C75H146O17P2/c1-7-10-12-14-16-18-20-22-23-24-25-26-27-28-30-36-40-48-54-60-75(80)91-70(63-85-72(77)57-51-45-38-34-32-31-33-37-44-50-56-68(6)9-3)65-89-93(81,82)87-61-69(76)62-88-94(83,84)90-66-71(64-86-73(78)58-52-46-42-41-43-49-55-67(4)5)92-74(79)59-53-47-39-35-29-21-19-17-15-13-11-8-2/h67-71,76H,7-66H2,1-6H3,(H,81,82)(H,83,84)/t68?,69-,70-,71-/m1/s1. The molecule has 3 unspecified atom stereocenters. The van der Waals surface area contributed by atoms with Gasteiger partial charge < -0.3 is 33.8 Å². The fourth-order valence-corrected chi connectivity index (χ4v) is 13.0. The zero-order chi connectivity index (χ0) is 69.3. The number of phosphoric ester groups is 2. The Hall–Kier alpha value is -1.94. The molecule has 0 aromatic carbocycles. The van der Waals surface area contributed by atoms with Crippen LogP contribution in [0.15, 0.2) is 0 Å². The summed E-state index contributed by atoms with van der Waals surface area (Å²) >= 11 is 0. The Bertz CT molecular complexity index is 1820. The highest BCUT2D eigenvalue weighted by molar-refractivity contribution is 7.47. The van der Waals surface area contributed by atoms with Gasteiger partial charge in [-0.3, -0.25) is 37.3 Å². The topological polar surface area (TPSA) is 237 Å². The third-order valence-corrected chi connectivity index (χ3v) is 19.7. The first kappa shape index (κ1) is 92.1. The molecule has 0 aliphatic heterocycles. The van der Waals surface area contributed by atoms with Gasteiger partial charge in [-0.05, 0) is 37.5 Å². The molecule has 94 heavy (non-hydrogen) atoms. The minimum atomic E-state index is -4.96. The van der Waals surface area contributed by atoms with E-state index in [0.717, 1.165) is 102 Å². The van der Waals surface area contributed by atoms with Crippen LogP contribution in [-0.4, -0.2) is 96.7 Å². The predicted molar refractivity (Wildman–Crippen MR) is 381 cm³/mol. The lowest BCUT2D eigenvalue weighted by atomic mass is 9.99. The molecule has 0 fully saturated rings. The van der Waals surface area contributed by atoms with Gasteiger partial charge in [0.25, 0.3) is 0 Å². The number of unbranched alkanes of at least 4 members (excludes halogenated alkanes) is 43. The van der Waals surface area contributed by atoms with Gasteiger partial charge in [-0.15, -0.1) is 0 Å². The Balaban J connectivity index is 5.22. The Kier molecular flexibility index (Phi) is 65.5. The largest absolute Gasteiger partial charge is 0.472 e. The molecule has 0 aliphatic carbocycles. The number of hydrogen-bond acceptors (Lipinski definition) is 15. The summed E-state index contributed by atoms with van der Waals surface area (Å²) in [5, 5.41) is 10.6. The van der Waals surface area contributed by atoms with Crippen LogP contribution in [-0.2, 0) is 65.4 Å². The molecule has 3 N–H and O–H groups in total. The van der Waals surface area contributed by atoms with E-state index < -0.39 is 97.5 Å². The van der Waals surface area contributed by atoms with E-state index in [-0.39, 0.29) is 25.7 Å². The summed E-state index contributed by atoms with van der Waals surface area (Å²) in [6.45, 7) is 9.53. The lowest BCUT2D eigenvalue weighted by Crippen LogP contribution is -2.30. The molecule has 19 heteroatoms. The van der Waals surface area contributed by atoms with E-state index in [1.165, 1.54) is 199 Å². The average molecular weight is 1380 g/mol. The first-order chi connectivity index (χ1) is 45.4. The van der Waals surface area contributed by atoms with E-state index in [9.17, 15) is 43.2 Å². The molecule has 0 bridgehead atoms. The molecule has 558 valence electrons. The molecule has 0 spiro atoms. The highest BCUT2D eigenvalue weighted by Gasteiger charge is 2.30. The Morgan fingerprint density at radius 3 is 0.809 bits per heavy atom. The zero-order valence-electron chi connectivity index (χ0n) is 61.3. The monoisotopic (exact) mass is 1380 g/mol. The summed E-state index contributed by atoms with van der Waals surface area (Å²) in [5.41, 5.74) is 0. The molecule has 0 aromatic rings. The van der Waals surface area contributed by atoms with E-state index in [4.69, 9.17) is 37.0 Å². The van der Waals surface area contributed by atoms with Crippen molar-refractivity contribution in [2.45, 2.75) is 407 Å². The average Bonchev–Trinajstić information content (AvgIpc) is 1.13. The van der Waals surface area contributed by atoms with Gasteiger partial charge in [0.15, 0.2) is 12.2 Å². The summed E-state index contributed by atoms with van der Waals surface area (Å²) in [5.74, 6) is -0.629. The van der Waals surface area contributed by atoms with E-state index in [1.54, 1.807) is 0 Å². The summed E-state index contributed by atoms with van der Waals surface area (Å²) in [7, 11) is -9.91. The van der Waals surface area contributed by atoms with Crippen molar-refractivity contribution in [1.29, 1.82) is 0 Å². The molecule has 0 saturated heterocycles. The maximum Gasteiger partial charge on any atom is 0.472 e. The van der Waals surface area contributed by atoms with Crippen LogP contribution in [0.5, 0.6) is 0 Å². The fraction of sp³-hybridized carbons (Fsp3) is 0.947. The van der Waals surface area contributed by atoms with E-state index in [2.05, 4.69) is 41.5 Å². The van der Waals surface area contributed by atoms with Gasteiger partial charge in [0, 0.05) is 25.7 Å². The molecule has 0 radical (unpaired) electrons. The zero-order valence-corrected chi connectivity index (χ0v) is 63.1. The number of carbonyl (C=O) groups is 4. The minimum Gasteiger partial charge on any atom is -0.462 e. The lowest BCUT2D eigenvalue weighted by molar-refractivity contribution is -0.161. The van der Waals surface area contributed by atoms with Gasteiger partial charge in [0.2, 0.25) is 0 Å². The lowest BCUT2D eigenvalue weighted by Gasteiger charge is -2.21. The van der Waals surface area contributed by atoms with Crippen molar-refractivity contribution >= 4 is 39.5 Å². The second-order valence-electron chi connectivity index (χ2n) is 27.8. The van der Waals surface area contributed by atoms with Crippen LogP contribution in [0.1, 0.15) is 388 Å². The summed E-state index contributed by atoms with van der Waals surface area (Å²) in [4.78, 5) is 72.7. The number of carbonyl (C=O) groups excluding carboxylic acids is 4. The second-order valence-corrected chi connectivity index (χ2v) is 30.7. The fourth-order valence-electron chi connectivity index (χ4n) is 11.4. The van der Waals surface area contributed by atoms with Crippen LogP contribution in [0.2, 0.25) is 0 Å². The van der Waals surface area contributed by atoms with Gasteiger partial charge in [-0.25, -0.2) is 9.13 Å². The maximum absolute atomic E-state index is 13.1. The van der Waals surface area contributed by atoms with Crippen molar-refractivity contribution in [2.24, 2.45) is 11.8 Å². The van der Waals surface area contributed by atoms with Gasteiger partial charge >= 0.3 is 39.5 Å². The van der Waals surface area contributed by atoms with Crippen LogP contribution < -0.4 is 0 Å². The van der Waals surface area contributed by atoms with Crippen LogP contribution in [0.25, 0.3) is 0 Å². The molecular formula is C75H146O17P2. The van der Waals surface area contributed by atoms with Gasteiger partial charge in [0.1, 0.15) is 19.3 Å². The SMILES string of the molecule is CCCCCCCCCCCCCCCCCCCCCC(=O)O[C@H](COC(=O)CCCCCCCCCCCCC(C)CC)COP(=O)(O)OC[C@@H](O)COP(=O)(O)OC[C@@H](COC(=O)CCCCCCCCC(C)C)OC(=O)CCCCCCCCCCCCCC. The third kappa shape index (κ3) is 67.3. The van der Waals surface area contributed by atoms with Crippen molar-refractivity contribution in [3.8, 4) is 0 Å². The first-order valence-electron chi connectivity index (χ1n) is 39.0. The van der Waals surface area contributed by atoms with Crippen molar-refractivity contribution < 1.29 is 80.2 Å². The maximum atomic E-state index is 13.1. The molecule has 0 rings (SSSR count). The van der Waals surface area contributed by atoms with Crippen LogP contribution in [0.4, 0.5) is 0 Å². The number of rotatable bonds is 74. The van der Waals surface area contributed by atoms with Crippen molar-refractivity contribution in [2.75, 3.05) is 39.6 Å². The Morgan fingerprint density at radius 1 is 0.309 bits per heavy atom. The van der Waals surface area contributed by atoms with E-state index >= 15 is 0 Å². The van der Waals surface area contributed by atoms with E-state index in [1.807, 2.05) is 0 Å². The number of hydrogen-bond donors (Lipinski definition) is 3. The minimum absolute atomic E-state index is 0.106. The van der Waals surface area contributed by atoms with E-state index in [0.29, 0.717) is 31.6 Å². The molecule has 0 aromatic heterocycles. The predicted octanol–water partition coefficient (Wildman–Crippen LogP) is 21.9. The quantitative estimate of drug-likeness (QED) is 0.0222. The molecular weight excluding hydrogens is 1230 g/mol. The first-order valence-corrected chi connectivity index (χ1v) is 42.0. The van der Waals surface area contributed by atoms with Crippen molar-refractivity contribution in [3.63, 3.8) is 0 Å². The van der Waals surface area contributed by atoms with Crippen LogP contribution >= 0.6 is 15.6 Å². The van der Waals surface area contributed by atoms with Crippen LogP contribution in [0.3, 0.4) is 0 Å². The number of phosphoric acid groups is 2. The molecule has 6 atom stereocenters. The Labute approximate surface area is 575 Å². The van der Waals surface area contributed by atoms with Crippen molar-refractivity contribution in [1.82, 2.24) is 0 Å². The number of aliphatic hydroxyl groups excluding tert-OH is 1. The molecule has 0 amide bonds. The summed E-state index contributed by atoms with van der Waals surface area (Å²) in [6, 6.07) is 0. The molecule has 17 nitrogen and oxygen atoms in total. The van der Waals surface area contributed by atoms with Gasteiger partial charge in [-0.2, -0.15) is 0 Å². The summed E-state index contributed by atoms with van der Waals surface area (Å²) < 4.78 is 68.4. The molecule has 0 saturated carbocycles. The molecule has 0 heterocycles. The van der Waals surface area contributed by atoms with Crippen LogP contribution in [0, 0.1) is 11.8 Å². The van der Waals surface area contributed by atoms with Gasteiger partial charge in [0.05, 0.1) is 26.4 Å². The Morgan fingerprint density at radius 2 is 0.543 bits per heavy atom. The molecule has 0 aliphatic rings. The number of esters is 4. The third-order valence-electron chi connectivity index (χ3n) is 17.8. The number of aliphatic hydroxyl groups is 1. The number of ether oxygens (including phenoxy) is 4. The van der Waals surface area contributed by atoms with Crippen molar-refractivity contribution in [3.05, 3.63) is 0 Å². The second kappa shape index (κ2) is 66.9. The highest BCUT2D eigenvalue weighted by atomic mass is 31.2. The smallest absolute Gasteiger partial charge is 0.462 e. The normalized spacial score (nSPS) is 14.3. The van der Waals surface area contributed by atoms with Gasteiger partial charge in [-0.1, -0.05) is 337 Å². The highest BCUT2D eigenvalue weighted by Crippen LogP contribution is 2.45. The summed E-state index contributed by atoms with van der Waals surface area (Å²) in [6.07, 6.45) is 54.2.